The summed E-state index contributed by atoms with van der Waals surface area (Å²) in [7, 11) is 1.44. The van der Waals surface area contributed by atoms with E-state index in [0.29, 0.717) is 0 Å². The molecule has 0 fully saturated rings. The number of amides is 2. The molecule has 0 aromatic heterocycles. The average Bonchev–Trinajstić information content (AvgIpc) is 2.53. The minimum Gasteiger partial charge on any atom is -0.480 e. The van der Waals surface area contributed by atoms with Crippen molar-refractivity contribution in [2.24, 2.45) is 0 Å². The Kier molecular flexibility index (Phi) is 7.05. The van der Waals surface area contributed by atoms with Crippen molar-refractivity contribution in [1.29, 1.82) is 0 Å². The van der Waals surface area contributed by atoms with Crippen LogP contribution in [-0.2, 0) is 20.9 Å². The van der Waals surface area contributed by atoms with E-state index in [1.54, 1.807) is 6.92 Å². The SMILES string of the molecule is CCN(C(=O)CN(C)C(=O)OCc1ccccc1)C(C)C(=O)O. The van der Waals surface area contributed by atoms with E-state index in [9.17, 15) is 14.4 Å². The van der Waals surface area contributed by atoms with Crippen LogP contribution in [0.25, 0.3) is 0 Å². The van der Waals surface area contributed by atoms with Crippen LogP contribution in [0.15, 0.2) is 30.3 Å². The van der Waals surface area contributed by atoms with Crippen molar-refractivity contribution in [1.82, 2.24) is 9.80 Å². The second-order valence-electron chi connectivity index (χ2n) is 5.09. The molecule has 2 amide bonds. The molecule has 1 aromatic carbocycles. The second kappa shape index (κ2) is 8.77. The van der Waals surface area contributed by atoms with Gasteiger partial charge >= 0.3 is 12.1 Å². The number of hydrogen-bond donors (Lipinski definition) is 1. The first-order valence-electron chi connectivity index (χ1n) is 7.30. The van der Waals surface area contributed by atoms with E-state index >= 15 is 0 Å². The molecule has 0 aliphatic heterocycles. The first-order valence-corrected chi connectivity index (χ1v) is 7.30. The third-order valence-electron chi connectivity index (χ3n) is 3.38. The number of carbonyl (C=O) groups is 3. The van der Waals surface area contributed by atoms with Gasteiger partial charge in [-0.3, -0.25) is 4.79 Å². The molecule has 0 saturated carbocycles. The van der Waals surface area contributed by atoms with Crippen LogP contribution in [0.5, 0.6) is 0 Å². The Morgan fingerprint density at radius 3 is 2.35 bits per heavy atom. The minimum absolute atomic E-state index is 0.112. The van der Waals surface area contributed by atoms with Crippen molar-refractivity contribution in [3.63, 3.8) is 0 Å². The van der Waals surface area contributed by atoms with Gasteiger partial charge in [-0.05, 0) is 19.4 Å². The zero-order valence-electron chi connectivity index (χ0n) is 13.6. The van der Waals surface area contributed by atoms with E-state index in [4.69, 9.17) is 9.84 Å². The predicted octanol–water partition coefficient (Wildman–Crippen LogP) is 1.58. The van der Waals surface area contributed by atoms with E-state index in [2.05, 4.69) is 0 Å². The van der Waals surface area contributed by atoms with Gasteiger partial charge in [-0.2, -0.15) is 0 Å². The van der Waals surface area contributed by atoms with Gasteiger partial charge in [-0.15, -0.1) is 0 Å². The third kappa shape index (κ3) is 5.61. The molecule has 0 bridgehead atoms. The van der Waals surface area contributed by atoms with Gasteiger partial charge in [0.05, 0.1) is 0 Å². The van der Waals surface area contributed by atoms with Gasteiger partial charge in [-0.1, -0.05) is 30.3 Å². The normalized spacial score (nSPS) is 11.4. The number of aliphatic carboxylic acids is 1. The molecule has 7 nitrogen and oxygen atoms in total. The highest BCUT2D eigenvalue weighted by molar-refractivity contribution is 5.86. The van der Waals surface area contributed by atoms with E-state index < -0.39 is 24.0 Å². The molecule has 126 valence electrons. The number of benzene rings is 1. The van der Waals surface area contributed by atoms with Gasteiger partial charge in [-0.25, -0.2) is 9.59 Å². The molecule has 23 heavy (non-hydrogen) atoms. The first-order chi connectivity index (χ1) is 10.9. The summed E-state index contributed by atoms with van der Waals surface area (Å²) in [6, 6.07) is 8.24. The molecule has 0 aliphatic carbocycles. The standard InChI is InChI=1S/C16H22N2O5/c1-4-18(12(2)15(20)21)14(19)10-17(3)16(22)23-11-13-8-6-5-7-9-13/h5-9,12H,4,10-11H2,1-3H3,(H,20,21). The first kappa shape index (κ1) is 18.5. The van der Waals surface area contributed by atoms with E-state index in [1.807, 2.05) is 30.3 Å². The predicted molar refractivity (Wildman–Crippen MR) is 83.7 cm³/mol. The Bertz CT molecular complexity index is 547. The Labute approximate surface area is 135 Å². The maximum absolute atomic E-state index is 12.1. The maximum atomic E-state index is 12.1. The van der Waals surface area contributed by atoms with Crippen molar-refractivity contribution in [2.75, 3.05) is 20.1 Å². The Morgan fingerprint density at radius 2 is 1.83 bits per heavy atom. The van der Waals surface area contributed by atoms with Gasteiger partial charge in [0.15, 0.2) is 0 Å². The number of carboxylic acids is 1. The van der Waals surface area contributed by atoms with Crippen molar-refractivity contribution in [2.45, 2.75) is 26.5 Å². The summed E-state index contributed by atoms with van der Waals surface area (Å²) in [6.45, 7) is 3.24. The smallest absolute Gasteiger partial charge is 0.410 e. The van der Waals surface area contributed by atoms with Crippen LogP contribution in [-0.4, -0.2) is 59.1 Å². The number of carbonyl (C=O) groups excluding carboxylic acids is 2. The molecular formula is C16H22N2O5. The van der Waals surface area contributed by atoms with Crippen LogP contribution in [0.2, 0.25) is 0 Å². The van der Waals surface area contributed by atoms with Crippen molar-refractivity contribution in [3.05, 3.63) is 35.9 Å². The van der Waals surface area contributed by atoms with Crippen molar-refractivity contribution in [3.8, 4) is 0 Å². The van der Waals surface area contributed by atoms with Gasteiger partial charge in [0, 0.05) is 13.6 Å². The summed E-state index contributed by atoms with van der Waals surface area (Å²) in [4.78, 5) is 37.3. The maximum Gasteiger partial charge on any atom is 0.410 e. The fourth-order valence-corrected chi connectivity index (χ4v) is 1.99. The lowest BCUT2D eigenvalue weighted by Crippen LogP contribution is -2.47. The molecule has 1 aromatic rings. The Balaban J connectivity index is 2.53. The molecule has 1 unspecified atom stereocenters. The summed E-state index contributed by atoms with van der Waals surface area (Å²) >= 11 is 0. The Morgan fingerprint density at radius 1 is 1.22 bits per heavy atom. The second-order valence-corrected chi connectivity index (χ2v) is 5.09. The lowest BCUT2D eigenvalue weighted by molar-refractivity contribution is -0.149. The molecule has 0 aliphatic rings. The molecule has 7 heteroatoms. The average molecular weight is 322 g/mol. The summed E-state index contributed by atoms with van der Waals surface area (Å²) in [5.74, 6) is -1.53. The van der Waals surface area contributed by atoms with Crippen LogP contribution in [0.3, 0.4) is 0 Å². The molecule has 1 rings (SSSR count). The number of likely N-dealkylation sites (N-methyl/N-ethyl adjacent to an activating group) is 2. The number of carboxylic acid groups (broad SMARTS) is 1. The zero-order chi connectivity index (χ0) is 17.4. The zero-order valence-corrected chi connectivity index (χ0v) is 13.6. The molecule has 0 spiro atoms. The van der Waals surface area contributed by atoms with Crippen LogP contribution >= 0.6 is 0 Å². The van der Waals surface area contributed by atoms with Crippen molar-refractivity contribution < 1.29 is 24.2 Å². The van der Waals surface area contributed by atoms with Crippen LogP contribution < -0.4 is 0 Å². The molecule has 1 N–H and O–H groups in total. The molecule has 0 heterocycles. The largest absolute Gasteiger partial charge is 0.480 e. The summed E-state index contributed by atoms with van der Waals surface area (Å²) in [6.07, 6.45) is -0.638. The molecule has 0 saturated heterocycles. The van der Waals surface area contributed by atoms with Crippen molar-refractivity contribution >= 4 is 18.0 Å². The number of hydrogen-bond acceptors (Lipinski definition) is 4. The van der Waals surface area contributed by atoms with E-state index in [-0.39, 0.29) is 19.7 Å². The van der Waals surface area contributed by atoms with Gasteiger partial charge in [0.2, 0.25) is 5.91 Å². The monoisotopic (exact) mass is 322 g/mol. The topological polar surface area (TPSA) is 87.2 Å². The van der Waals surface area contributed by atoms with Crippen LogP contribution in [0.1, 0.15) is 19.4 Å². The van der Waals surface area contributed by atoms with Gasteiger partial charge in [0.25, 0.3) is 0 Å². The summed E-state index contributed by atoms with van der Waals surface area (Å²) < 4.78 is 5.11. The van der Waals surface area contributed by atoms with E-state index in [0.717, 1.165) is 10.5 Å². The number of nitrogens with zero attached hydrogens (tertiary/aromatic N) is 2. The van der Waals surface area contributed by atoms with Gasteiger partial charge < -0.3 is 19.6 Å². The van der Waals surface area contributed by atoms with Crippen LogP contribution in [0.4, 0.5) is 4.79 Å². The highest BCUT2D eigenvalue weighted by Crippen LogP contribution is 2.05. The molecule has 1 atom stereocenters. The molecule has 0 radical (unpaired) electrons. The van der Waals surface area contributed by atoms with Gasteiger partial charge in [0.1, 0.15) is 19.2 Å². The van der Waals surface area contributed by atoms with E-state index in [1.165, 1.54) is 18.9 Å². The number of ether oxygens (including phenoxy) is 1. The molecular weight excluding hydrogens is 300 g/mol. The minimum atomic E-state index is -1.09. The lowest BCUT2D eigenvalue weighted by Gasteiger charge is -2.27. The van der Waals surface area contributed by atoms with Crippen LogP contribution in [0, 0.1) is 0 Å². The summed E-state index contributed by atoms with van der Waals surface area (Å²) in [5.41, 5.74) is 0.843. The third-order valence-corrected chi connectivity index (χ3v) is 3.38. The fourth-order valence-electron chi connectivity index (χ4n) is 1.99. The Hall–Kier alpha value is -2.57. The highest BCUT2D eigenvalue weighted by atomic mass is 16.6. The quantitative estimate of drug-likeness (QED) is 0.823. The number of rotatable bonds is 7. The highest BCUT2D eigenvalue weighted by Gasteiger charge is 2.26. The fraction of sp³-hybridized carbons (Fsp3) is 0.438. The lowest BCUT2D eigenvalue weighted by atomic mass is 10.2. The summed E-state index contributed by atoms with van der Waals surface area (Å²) in [5, 5.41) is 8.99.